The van der Waals surface area contributed by atoms with Gasteiger partial charge in [0.1, 0.15) is 9.98 Å². The summed E-state index contributed by atoms with van der Waals surface area (Å²) in [6.45, 7) is 6.41. The number of aromatic nitrogens is 2. The maximum Gasteiger partial charge on any atom is 0.225 e. The van der Waals surface area contributed by atoms with Gasteiger partial charge in [0.05, 0.1) is 0 Å². The van der Waals surface area contributed by atoms with Crippen LogP contribution in [0.1, 0.15) is 38.5 Å². The number of anilines is 1. The Hall–Kier alpha value is -0.870. The van der Waals surface area contributed by atoms with E-state index in [1.54, 1.807) is 11.3 Å². The van der Waals surface area contributed by atoms with Crippen LogP contribution >= 0.6 is 22.9 Å². The fourth-order valence-corrected chi connectivity index (χ4v) is 3.10. The number of rotatable bonds is 5. The molecule has 0 aliphatic carbocycles. The van der Waals surface area contributed by atoms with E-state index >= 15 is 0 Å². The molecule has 2 rings (SSSR count). The molecule has 0 aliphatic rings. The summed E-state index contributed by atoms with van der Waals surface area (Å²) in [5.41, 5.74) is 0. The van der Waals surface area contributed by atoms with E-state index in [0.717, 1.165) is 29.5 Å². The van der Waals surface area contributed by atoms with Crippen LogP contribution in [0.5, 0.6) is 0 Å². The second-order valence-electron chi connectivity index (χ2n) is 4.47. The molecule has 2 aromatic rings. The predicted molar refractivity (Wildman–Crippen MR) is 79.8 cm³/mol. The molecule has 1 atom stereocenters. The SMILES string of the molecule is CCCc1cc2c(Cl)nc(NC(C)CC)nc2s1. The van der Waals surface area contributed by atoms with Crippen molar-refractivity contribution in [2.75, 3.05) is 5.32 Å². The van der Waals surface area contributed by atoms with E-state index in [0.29, 0.717) is 17.1 Å². The number of hydrogen-bond acceptors (Lipinski definition) is 4. The van der Waals surface area contributed by atoms with Crippen LogP contribution in [0.15, 0.2) is 6.07 Å². The Labute approximate surface area is 117 Å². The molecule has 2 heterocycles. The first-order valence-corrected chi connectivity index (χ1v) is 7.56. The van der Waals surface area contributed by atoms with Gasteiger partial charge in [-0.3, -0.25) is 0 Å². The number of halogens is 1. The van der Waals surface area contributed by atoms with Crippen LogP contribution in [0, 0.1) is 0 Å². The monoisotopic (exact) mass is 283 g/mol. The van der Waals surface area contributed by atoms with Gasteiger partial charge in [-0.05, 0) is 25.8 Å². The van der Waals surface area contributed by atoms with Crippen LogP contribution in [0.3, 0.4) is 0 Å². The maximum atomic E-state index is 6.22. The Balaban J connectivity index is 2.35. The summed E-state index contributed by atoms with van der Waals surface area (Å²) in [5, 5.41) is 4.78. The molecule has 0 fully saturated rings. The predicted octanol–water partition coefficient (Wildman–Crippen LogP) is 4.51. The van der Waals surface area contributed by atoms with Gasteiger partial charge in [0.15, 0.2) is 0 Å². The summed E-state index contributed by atoms with van der Waals surface area (Å²) in [6, 6.07) is 2.47. The van der Waals surface area contributed by atoms with Gasteiger partial charge in [-0.1, -0.05) is 31.9 Å². The molecule has 0 aliphatic heterocycles. The second-order valence-corrected chi connectivity index (χ2v) is 5.95. The summed E-state index contributed by atoms with van der Waals surface area (Å²) in [4.78, 5) is 11.2. The average molecular weight is 284 g/mol. The Bertz CT molecular complexity index is 538. The summed E-state index contributed by atoms with van der Waals surface area (Å²) in [6.07, 6.45) is 3.24. The zero-order valence-electron chi connectivity index (χ0n) is 11.0. The highest BCUT2D eigenvalue weighted by Crippen LogP contribution is 2.30. The molecule has 2 aromatic heterocycles. The van der Waals surface area contributed by atoms with E-state index in [2.05, 4.69) is 42.1 Å². The van der Waals surface area contributed by atoms with Crippen molar-refractivity contribution in [1.82, 2.24) is 9.97 Å². The van der Waals surface area contributed by atoms with Gasteiger partial charge in [-0.15, -0.1) is 11.3 Å². The van der Waals surface area contributed by atoms with Gasteiger partial charge >= 0.3 is 0 Å². The van der Waals surface area contributed by atoms with Gasteiger partial charge < -0.3 is 5.32 Å². The van der Waals surface area contributed by atoms with Crippen molar-refractivity contribution in [1.29, 1.82) is 0 Å². The van der Waals surface area contributed by atoms with Crippen LogP contribution in [-0.2, 0) is 6.42 Å². The van der Waals surface area contributed by atoms with E-state index in [-0.39, 0.29) is 0 Å². The van der Waals surface area contributed by atoms with Crippen LogP contribution in [0.2, 0.25) is 5.15 Å². The molecule has 18 heavy (non-hydrogen) atoms. The summed E-state index contributed by atoms with van der Waals surface area (Å²) < 4.78 is 0. The van der Waals surface area contributed by atoms with Crippen molar-refractivity contribution in [3.63, 3.8) is 0 Å². The second kappa shape index (κ2) is 5.85. The number of nitrogens with one attached hydrogen (secondary N) is 1. The Kier molecular flexibility index (Phi) is 4.40. The lowest BCUT2D eigenvalue weighted by atomic mass is 10.2. The third-order valence-electron chi connectivity index (χ3n) is 2.88. The highest BCUT2D eigenvalue weighted by molar-refractivity contribution is 7.18. The molecule has 1 N–H and O–H groups in total. The van der Waals surface area contributed by atoms with E-state index < -0.39 is 0 Å². The molecule has 0 spiro atoms. The van der Waals surface area contributed by atoms with Gasteiger partial charge in [0, 0.05) is 16.3 Å². The average Bonchev–Trinajstić information content (AvgIpc) is 2.72. The molecule has 0 radical (unpaired) electrons. The number of hydrogen-bond donors (Lipinski definition) is 1. The quantitative estimate of drug-likeness (QED) is 0.821. The van der Waals surface area contributed by atoms with Crippen LogP contribution in [-0.4, -0.2) is 16.0 Å². The van der Waals surface area contributed by atoms with Gasteiger partial charge in [-0.25, -0.2) is 9.97 Å². The molecule has 0 saturated carbocycles. The summed E-state index contributed by atoms with van der Waals surface area (Å²) in [5.74, 6) is 0.631. The normalized spacial score (nSPS) is 12.9. The number of nitrogens with zero attached hydrogens (tertiary/aromatic N) is 2. The van der Waals surface area contributed by atoms with E-state index in [1.807, 2.05) is 0 Å². The van der Waals surface area contributed by atoms with Gasteiger partial charge in [0.2, 0.25) is 5.95 Å². The highest BCUT2D eigenvalue weighted by Gasteiger charge is 2.11. The molecule has 3 nitrogen and oxygen atoms in total. The molecule has 0 amide bonds. The van der Waals surface area contributed by atoms with Crippen molar-refractivity contribution >= 4 is 39.1 Å². The lowest BCUT2D eigenvalue weighted by Crippen LogP contribution is -2.15. The van der Waals surface area contributed by atoms with Crippen molar-refractivity contribution in [2.24, 2.45) is 0 Å². The molecule has 98 valence electrons. The molecule has 1 unspecified atom stereocenters. The first-order chi connectivity index (χ1) is 8.63. The molecule has 5 heteroatoms. The first kappa shape index (κ1) is 13.6. The number of thiophene rings is 1. The van der Waals surface area contributed by atoms with Gasteiger partial charge in [0.25, 0.3) is 0 Å². The molecular weight excluding hydrogens is 266 g/mol. The molecule has 0 saturated heterocycles. The van der Waals surface area contributed by atoms with E-state index in [1.165, 1.54) is 4.88 Å². The van der Waals surface area contributed by atoms with Gasteiger partial charge in [-0.2, -0.15) is 0 Å². The lowest BCUT2D eigenvalue weighted by Gasteiger charge is -2.10. The van der Waals surface area contributed by atoms with E-state index in [9.17, 15) is 0 Å². The number of aryl methyl sites for hydroxylation is 1. The fourth-order valence-electron chi connectivity index (χ4n) is 1.69. The lowest BCUT2D eigenvalue weighted by molar-refractivity contribution is 0.754. The van der Waals surface area contributed by atoms with Crippen LogP contribution in [0.4, 0.5) is 5.95 Å². The zero-order valence-corrected chi connectivity index (χ0v) is 12.5. The Morgan fingerprint density at radius 1 is 1.39 bits per heavy atom. The Morgan fingerprint density at radius 3 is 2.83 bits per heavy atom. The van der Waals surface area contributed by atoms with Crippen molar-refractivity contribution in [3.05, 3.63) is 16.1 Å². The van der Waals surface area contributed by atoms with Crippen LogP contribution < -0.4 is 5.32 Å². The van der Waals surface area contributed by atoms with E-state index in [4.69, 9.17) is 11.6 Å². The minimum Gasteiger partial charge on any atom is -0.352 e. The maximum absolute atomic E-state index is 6.22. The van der Waals surface area contributed by atoms with Crippen LogP contribution in [0.25, 0.3) is 10.2 Å². The largest absolute Gasteiger partial charge is 0.352 e. The molecule has 0 aromatic carbocycles. The smallest absolute Gasteiger partial charge is 0.225 e. The zero-order chi connectivity index (χ0) is 13.1. The minimum atomic E-state index is 0.355. The number of fused-ring (bicyclic) bond motifs is 1. The third kappa shape index (κ3) is 2.93. The standard InChI is InChI=1S/C13H18ClN3S/c1-4-6-9-7-10-11(14)16-13(15-8(3)5-2)17-12(10)18-9/h7-8H,4-6H2,1-3H3,(H,15,16,17). The van der Waals surface area contributed by atoms with Crippen molar-refractivity contribution < 1.29 is 0 Å². The summed E-state index contributed by atoms with van der Waals surface area (Å²) in [7, 11) is 0. The highest BCUT2D eigenvalue weighted by atomic mass is 35.5. The fraction of sp³-hybridized carbons (Fsp3) is 0.538. The first-order valence-electron chi connectivity index (χ1n) is 6.36. The Morgan fingerprint density at radius 2 is 2.17 bits per heavy atom. The molecule has 0 bridgehead atoms. The topological polar surface area (TPSA) is 37.8 Å². The molecular formula is C13H18ClN3S. The third-order valence-corrected chi connectivity index (χ3v) is 4.26. The van der Waals surface area contributed by atoms with Crippen molar-refractivity contribution in [3.8, 4) is 0 Å². The minimum absolute atomic E-state index is 0.355. The summed E-state index contributed by atoms with van der Waals surface area (Å²) >= 11 is 7.93. The van der Waals surface area contributed by atoms with Crippen molar-refractivity contribution in [2.45, 2.75) is 46.1 Å².